The van der Waals surface area contributed by atoms with Crippen molar-refractivity contribution in [2.45, 2.75) is 77.0 Å². The van der Waals surface area contributed by atoms with E-state index in [1.54, 1.807) is 0 Å². The number of rotatable bonds is 4. The van der Waals surface area contributed by atoms with Gasteiger partial charge in [0.1, 0.15) is 0 Å². The Morgan fingerprint density at radius 2 is 1.70 bits per heavy atom. The first kappa shape index (κ1) is 14.8. The molecule has 2 atom stereocenters. The fourth-order valence-electron chi connectivity index (χ4n) is 4.27. The van der Waals surface area contributed by atoms with Crippen LogP contribution in [0.3, 0.4) is 0 Å². The van der Waals surface area contributed by atoms with E-state index in [2.05, 4.69) is 31.0 Å². The summed E-state index contributed by atoms with van der Waals surface area (Å²) in [5, 5.41) is 3.77. The predicted octanol–water partition coefficient (Wildman–Crippen LogP) is 2.80. The van der Waals surface area contributed by atoms with Crippen LogP contribution in [-0.4, -0.2) is 48.8 Å². The third-order valence-corrected chi connectivity index (χ3v) is 5.34. The summed E-state index contributed by atoms with van der Waals surface area (Å²) >= 11 is 0. The lowest BCUT2D eigenvalue weighted by Crippen LogP contribution is -2.51. The highest BCUT2D eigenvalue weighted by Gasteiger charge is 2.40. The molecule has 0 aromatic rings. The molecule has 0 spiro atoms. The van der Waals surface area contributed by atoms with Crippen LogP contribution in [0, 0.1) is 5.41 Å². The molecule has 0 amide bonds. The fourth-order valence-corrected chi connectivity index (χ4v) is 4.27. The molecule has 0 radical (unpaired) electrons. The van der Waals surface area contributed by atoms with Gasteiger partial charge in [0.25, 0.3) is 0 Å². The van der Waals surface area contributed by atoms with Crippen molar-refractivity contribution in [3.8, 4) is 0 Å². The van der Waals surface area contributed by atoms with Crippen LogP contribution in [-0.2, 0) is 4.74 Å². The quantitative estimate of drug-likeness (QED) is 0.857. The normalized spacial score (nSPS) is 33.8. The number of nitrogens with zero attached hydrogens (tertiary/aromatic N) is 1. The first-order valence-electron chi connectivity index (χ1n) is 8.57. The maximum absolute atomic E-state index is 5.98. The smallest absolute Gasteiger partial charge is 0.0707 e. The highest BCUT2D eigenvalue weighted by Crippen LogP contribution is 2.40. The van der Waals surface area contributed by atoms with Crippen LogP contribution in [0.15, 0.2) is 0 Å². The molecule has 1 aliphatic carbocycles. The molecular formula is C17H32N2O. The molecule has 3 heteroatoms. The third-order valence-electron chi connectivity index (χ3n) is 5.34. The van der Waals surface area contributed by atoms with Gasteiger partial charge in [-0.25, -0.2) is 0 Å². The summed E-state index contributed by atoms with van der Waals surface area (Å²) in [6.45, 7) is 11.7. The van der Waals surface area contributed by atoms with E-state index in [4.69, 9.17) is 4.74 Å². The van der Waals surface area contributed by atoms with E-state index in [1.165, 1.54) is 64.7 Å². The number of fused-ring (bicyclic) bond motifs is 2. The molecule has 0 aromatic carbocycles. The van der Waals surface area contributed by atoms with Crippen molar-refractivity contribution in [2.75, 3.05) is 26.2 Å². The van der Waals surface area contributed by atoms with Crippen molar-refractivity contribution in [1.29, 1.82) is 0 Å². The van der Waals surface area contributed by atoms with Crippen molar-refractivity contribution in [3.63, 3.8) is 0 Å². The van der Waals surface area contributed by atoms with Crippen LogP contribution < -0.4 is 5.32 Å². The number of morpholine rings is 1. The van der Waals surface area contributed by atoms with Gasteiger partial charge >= 0.3 is 0 Å². The van der Waals surface area contributed by atoms with Gasteiger partial charge in [-0.05, 0) is 51.9 Å². The molecule has 20 heavy (non-hydrogen) atoms. The molecule has 1 N–H and O–H groups in total. The summed E-state index contributed by atoms with van der Waals surface area (Å²) in [7, 11) is 0. The number of hydrogen-bond acceptors (Lipinski definition) is 3. The minimum absolute atomic E-state index is 0.236. The van der Waals surface area contributed by atoms with Crippen LogP contribution in [0.5, 0.6) is 0 Å². The summed E-state index contributed by atoms with van der Waals surface area (Å²) in [6.07, 6.45) is 9.28. The summed E-state index contributed by atoms with van der Waals surface area (Å²) in [5.41, 5.74) is 0.754. The molecule has 3 rings (SSSR count). The van der Waals surface area contributed by atoms with Crippen LogP contribution >= 0.6 is 0 Å². The highest BCUT2D eigenvalue weighted by atomic mass is 16.5. The average Bonchev–Trinajstić information content (AvgIpc) is 2.94. The number of likely N-dealkylation sites (tertiary alicyclic amines) is 1. The van der Waals surface area contributed by atoms with Crippen LogP contribution in [0.1, 0.15) is 59.3 Å². The predicted molar refractivity (Wildman–Crippen MR) is 83.0 cm³/mol. The Labute approximate surface area is 124 Å². The van der Waals surface area contributed by atoms with Crippen LogP contribution in [0.2, 0.25) is 0 Å². The Balaban J connectivity index is 1.59. The number of hydrogen-bond donors (Lipinski definition) is 1. The number of nitrogens with one attached hydrogen (secondary N) is 1. The van der Waals surface area contributed by atoms with Gasteiger partial charge in [0.05, 0.1) is 12.2 Å². The Morgan fingerprint density at radius 3 is 2.25 bits per heavy atom. The van der Waals surface area contributed by atoms with E-state index in [0.29, 0.717) is 17.6 Å². The number of ether oxygens (including phenoxy) is 1. The Kier molecular flexibility index (Phi) is 4.13. The minimum atomic E-state index is 0.236. The fraction of sp³-hybridized carbons (Fsp3) is 1.00. The Morgan fingerprint density at radius 1 is 1.10 bits per heavy atom. The topological polar surface area (TPSA) is 24.5 Å². The van der Waals surface area contributed by atoms with Crippen LogP contribution in [0.4, 0.5) is 0 Å². The second-order valence-corrected chi connectivity index (χ2v) is 8.46. The zero-order valence-corrected chi connectivity index (χ0v) is 13.6. The van der Waals surface area contributed by atoms with Gasteiger partial charge in [-0.3, -0.25) is 4.90 Å². The second kappa shape index (κ2) is 5.58. The van der Waals surface area contributed by atoms with E-state index in [-0.39, 0.29) is 5.54 Å². The van der Waals surface area contributed by atoms with E-state index in [0.717, 1.165) is 0 Å². The Hall–Kier alpha value is -0.120. The molecule has 116 valence electrons. The van der Waals surface area contributed by atoms with E-state index >= 15 is 0 Å². The van der Waals surface area contributed by atoms with Gasteiger partial charge in [-0.2, -0.15) is 0 Å². The zero-order valence-electron chi connectivity index (χ0n) is 13.6. The molecular weight excluding hydrogens is 248 g/mol. The molecule has 2 aliphatic heterocycles. The van der Waals surface area contributed by atoms with Gasteiger partial charge in [-0.1, -0.05) is 12.8 Å². The standard InChI is InChI=1S/C17H32N2O/c1-16(2,3)18-12-17(8-4-5-9-17)13-19-10-14-6-7-15(11-19)20-14/h14-15,18H,4-13H2,1-3H3. The van der Waals surface area contributed by atoms with E-state index < -0.39 is 0 Å². The molecule has 0 aromatic heterocycles. The van der Waals surface area contributed by atoms with Crippen molar-refractivity contribution in [2.24, 2.45) is 5.41 Å². The summed E-state index contributed by atoms with van der Waals surface area (Å²) < 4.78 is 5.98. The summed E-state index contributed by atoms with van der Waals surface area (Å²) in [5.74, 6) is 0. The van der Waals surface area contributed by atoms with Gasteiger partial charge in [0, 0.05) is 31.7 Å². The average molecular weight is 280 g/mol. The molecule has 2 heterocycles. The summed E-state index contributed by atoms with van der Waals surface area (Å²) in [6, 6.07) is 0. The van der Waals surface area contributed by atoms with Gasteiger partial charge in [-0.15, -0.1) is 0 Å². The molecule has 2 saturated heterocycles. The molecule has 3 aliphatic rings. The van der Waals surface area contributed by atoms with Crippen molar-refractivity contribution in [1.82, 2.24) is 10.2 Å². The van der Waals surface area contributed by atoms with Crippen molar-refractivity contribution in [3.05, 3.63) is 0 Å². The Bertz CT molecular complexity index is 318. The highest BCUT2D eigenvalue weighted by molar-refractivity contribution is 4.94. The second-order valence-electron chi connectivity index (χ2n) is 8.46. The van der Waals surface area contributed by atoms with Gasteiger partial charge in [0.2, 0.25) is 0 Å². The first-order chi connectivity index (χ1) is 9.44. The van der Waals surface area contributed by atoms with Crippen LogP contribution in [0.25, 0.3) is 0 Å². The first-order valence-corrected chi connectivity index (χ1v) is 8.57. The molecule has 2 unspecified atom stereocenters. The maximum atomic E-state index is 5.98. The lowest BCUT2D eigenvalue weighted by atomic mass is 9.84. The van der Waals surface area contributed by atoms with Crippen molar-refractivity contribution >= 4 is 0 Å². The van der Waals surface area contributed by atoms with Gasteiger partial charge in [0.15, 0.2) is 0 Å². The maximum Gasteiger partial charge on any atom is 0.0707 e. The van der Waals surface area contributed by atoms with E-state index in [1.807, 2.05) is 0 Å². The lowest BCUT2D eigenvalue weighted by molar-refractivity contribution is -0.0505. The SMILES string of the molecule is CC(C)(C)NCC1(CN2CC3CCC(C2)O3)CCCC1. The molecule has 3 nitrogen and oxygen atoms in total. The largest absolute Gasteiger partial charge is 0.372 e. The lowest BCUT2D eigenvalue weighted by Gasteiger charge is -2.41. The molecule has 3 fully saturated rings. The molecule has 2 bridgehead atoms. The zero-order chi connectivity index (χ0) is 14.2. The summed E-state index contributed by atoms with van der Waals surface area (Å²) in [4.78, 5) is 2.71. The van der Waals surface area contributed by atoms with Gasteiger partial charge < -0.3 is 10.1 Å². The molecule has 1 saturated carbocycles. The third kappa shape index (κ3) is 3.55. The van der Waals surface area contributed by atoms with Crippen molar-refractivity contribution < 1.29 is 4.74 Å². The monoisotopic (exact) mass is 280 g/mol. The van der Waals surface area contributed by atoms with E-state index in [9.17, 15) is 0 Å². The minimum Gasteiger partial charge on any atom is -0.372 e.